The number of hydrogen-bond acceptors (Lipinski definition) is 4. The maximum Gasteiger partial charge on any atom is 0.162 e. The van der Waals surface area contributed by atoms with E-state index in [1.807, 2.05) is 20.2 Å². The highest BCUT2D eigenvalue weighted by Crippen LogP contribution is 2.25. The standard InChI is InChI=1S/C15H14FN5/c1-9-3-4-11(16)5-12(9)15-19-13(6-14(17)20-15)10-7-18-21(2)8-10/h3-8H,1-2H3,(H2,17,19,20). The lowest BCUT2D eigenvalue weighted by Gasteiger charge is -2.07. The first kappa shape index (κ1) is 13.2. The van der Waals surface area contributed by atoms with Crippen LogP contribution in [-0.2, 0) is 7.05 Å². The minimum atomic E-state index is -0.329. The molecule has 21 heavy (non-hydrogen) atoms. The summed E-state index contributed by atoms with van der Waals surface area (Å²) in [5, 5.41) is 4.11. The maximum atomic E-state index is 13.5. The third-order valence-corrected chi connectivity index (χ3v) is 3.19. The van der Waals surface area contributed by atoms with E-state index in [1.165, 1.54) is 12.1 Å². The molecule has 3 aromatic rings. The Morgan fingerprint density at radius 2 is 2.00 bits per heavy atom. The molecule has 0 aliphatic rings. The molecule has 2 aromatic heterocycles. The van der Waals surface area contributed by atoms with E-state index in [0.29, 0.717) is 22.9 Å². The highest BCUT2D eigenvalue weighted by atomic mass is 19.1. The molecule has 106 valence electrons. The first-order chi connectivity index (χ1) is 10.0. The van der Waals surface area contributed by atoms with Gasteiger partial charge in [0.25, 0.3) is 0 Å². The van der Waals surface area contributed by atoms with Crippen LogP contribution < -0.4 is 5.73 Å². The Morgan fingerprint density at radius 1 is 1.19 bits per heavy atom. The molecule has 0 amide bonds. The van der Waals surface area contributed by atoms with Crippen molar-refractivity contribution in [2.75, 3.05) is 5.73 Å². The van der Waals surface area contributed by atoms with Gasteiger partial charge >= 0.3 is 0 Å². The van der Waals surface area contributed by atoms with Crippen molar-refractivity contribution in [3.63, 3.8) is 0 Å². The van der Waals surface area contributed by atoms with Crippen molar-refractivity contribution in [3.05, 3.63) is 48.0 Å². The van der Waals surface area contributed by atoms with Gasteiger partial charge in [-0.3, -0.25) is 4.68 Å². The van der Waals surface area contributed by atoms with E-state index in [2.05, 4.69) is 15.1 Å². The first-order valence-electron chi connectivity index (χ1n) is 6.43. The summed E-state index contributed by atoms with van der Waals surface area (Å²) < 4.78 is 15.1. The second kappa shape index (κ2) is 4.97. The Bertz CT molecular complexity index is 810. The third kappa shape index (κ3) is 2.60. The number of rotatable bonds is 2. The second-order valence-corrected chi connectivity index (χ2v) is 4.86. The lowest BCUT2D eigenvalue weighted by Crippen LogP contribution is -1.99. The molecule has 0 aliphatic heterocycles. The molecule has 6 heteroatoms. The van der Waals surface area contributed by atoms with Gasteiger partial charge in [0, 0.05) is 30.4 Å². The highest BCUT2D eigenvalue weighted by Gasteiger charge is 2.11. The zero-order valence-corrected chi connectivity index (χ0v) is 11.7. The predicted octanol–water partition coefficient (Wildman–Crippen LogP) is 2.57. The molecular weight excluding hydrogens is 269 g/mol. The molecule has 0 bridgehead atoms. The summed E-state index contributed by atoms with van der Waals surface area (Å²) >= 11 is 0. The lowest BCUT2D eigenvalue weighted by molar-refractivity contribution is 0.627. The van der Waals surface area contributed by atoms with Crippen LogP contribution in [0, 0.1) is 12.7 Å². The Balaban J connectivity index is 2.16. The van der Waals surface area contributed by atoms with Gasteiger partial charge in [-0.2, -0.15) is 5.10 Å². The van der Waals surface area contributed by atoms with Crippen molar-refractivity contribution in [2.24, 2.45) is 7.05 Å². The average Bonchev–Trinajstić information content (AvgIpc) is 2.87. The number of hydrogen-bond donors (Lipinski definition) is 1. The van der Waals surface area contributed by atoms with Crippen LogP contribution in [0.4, 0.5) is 10.2 Å². The van der Waals surface area contributed by atoms with E-state index in [4.69, 9.17) is 5.73 Å². The van der Waals surface area contributed by atoms with Crippen LogP contribution in [0.5, 0.6) is 0 Å². The minimum Gasteiger partial charge on any atom is -0.384 e. The van der Waals surface area contributed by atoms with Gasteiger partial charge in [0.05, 0.1) is 11.9 Å². The molecular formula is C15H14FN5. The zero-order valence-electron chi connectivity index (χ0n) is 11.7. The Labute approximate surface area is 121 Å². The van der Waals surface area contributed by atoms with Crippen LogP contribution >= 0.6 is 0 Å². The molecule has 0 saturated heterocycles. The summed E-state index contributed by atoms with van der Waals surface area (Å²) in [4.78, 5) is 8.69. The second-order valence-electron chi connectivity index (χ2n) is 4.86. The number of benzene rings is 1. The number of anilines is 1. The first-order valence-corrected chi connectivity index (χ1v) is 6.43. The fraction of sp³-hybridized carbons (Fsp3) is 0.133. The number of nitrogens with zero attached hydrogens (tertiary/aromatic N) is 4. The molecule has 1 aromatic carbocycles. The summed E-state index contributed by atoms with van der Waals surface area (Å²) in [7, 11) is 1.83. The van der Waals surface area contributed by atoms with E-state index >= 15 is 0 Å². The zero-order chi connectivity index (χ0) is 15.0. The van der Waals surface area contributed by atoms with Crippen LogP contribution in [0.2, 0.25) is 0 Å². The quantitative estimate of drug-likeness (QED) is 0.784. The summed E-state index contributed by atoms with van der Waals surface area (Å²) in [6.45, 7) is 1.88. The van der Waals surface area contributed by atoms with Crippen molar-refractivity contribution >= 4 is 5.82 Å². The molecule has 2 heterocycles. The van der Waals surface area contributed by atoms with Crippen LogP contribution in [-0.4, -0.2) is 19.7 Å². The summed E-state index contributed by atoms with van der Waals surface area (Å²) in [5.41, 5.74) is 8.87. The van der Waals surface area contributed by atoms with Crippen LogP contribution in [0.3, 0.4) is 0 Å². The topological polar surface area (TPSA) is 69.6 Å². The number of nitrogens with two attached hydrogens (primary N) is 1. The molecule has 0 radical (unpaired) electrons. The molecule has 0 atom stereocenters. The number of halogens is 1. The number of aryl methyl sites for hydroxylation is 2. The van der Waals surface area contributed by atoms with Gasteiger partial charge in [0.1, 0.15) is 11.6 Å². The molecule has 2 N–H and O–H groups in total. The maximum absolute atomic E-state index is 13.5. The average molecular weight is 283 g/mol. The predicted molar refractivity (Wildman–Crippen MR) is 78.8 cm³/mol. The van der Waals surface area contributed by atoms with Crippen LogP contribution in [0.15, 0.2) is 36.7 Å². The van der Waals surface area contributed by atoms with E-state index < -0.39 is 0 Å². The van der Waals surface area contributed by atoms with E-state index in [0.717, 1.165) is 11.1 Å². The van der Waals surface area contributed by atoms with Gasteiger partial charge in [-0.25, -0.2) is 14.4 Å². The molecule has 5 nitrogen and oxygen atoms in total. The minimum absolute atomic E-state index is 0.329. The monoisotopic (exact) mass is 283 g/mol. The molecule has 0 aliphatic carbocycles. The SMILES string of the molecule is Cc1ccc(F)cc1-c1nc(N)cc(-c2cnn(C)c2)n1. The van der Waals surface area contributed by atoms with Crippen LogP contribution in [0.25, 0.3) is 22.6 Å². The molecule has 0 saturated carbocycles. The van der Waals surface area contributed by atoms with Crippen molar-refractivity contribution in [1.29, 1.82) is 0 Å². The lowest BCUT2D eigenvalue weighted by atomic mass is 10.1. The summed E-state index contributed by atoms with van der Waals surface area (Å²) in [6, 6.07) is 6.19. The summed E-state index contributed by atoms with van der Waals surface area (Å²) in [6.07, 6.45) is 3.54. The molecule has 0 fully saturated rings. The fourth-order valence-electron chi connectivity index (χ4n) is 2.12. The number of nitrogen functional groups attached to an aromatic ring is 1. The normalized spacial score (nSPS) is 10.8. The van der Waals surface area contributed by atoms with Crippen molar-refractivity contribution in [1.82, 2.24) is 19.7 Å². The number of aromatic nitrogens is 4. The Hall–Kier alpha value is -2.76. The van der Waals surface area contributed by atoms with Gasteiger partial charge in [0.15, 0.2) is 5.82 Å². The van der Waals surface area contributed by atoms with E-state index in [9.17, 15) is 4.39 Å². The summed E-state index contributed by atoms with van der Waals surface area (Å²) in [5.74, 6) is 0.415. The Morgan fingerprint density at radius 3 is 2.71 bits per heavy atom. The van der Waals surface area contributed by atoms with Gasteiger partial charge in [-0.1, -0.05) is 6.07 Å². The largest absolute Gasteiger partial charge is 0.384 e. The van der Waals surface area contributed by atoms with Gasteiger partial charge in [-0.15, -0.1) is 0 Å². The molecule has 0 unspecified atom stereocenters. The van der Waals surface area contributed by atoms with E-state index in [-0.39, 0.29) is 5.82 Å². The fourth-order valence-corrected chi connectivity index (χ4v) is 2.12. The van der Waals surface area contributed by atoms with Crippen molar-refractivity contribution in [2.45, 2.75) is 6.92 Å². The third-order valence-electron chi connectivity index (χ3n) is 3.19. The van der Waals surface area contributed by atoms with E-state index in [1.54, 1.807) is 23.0 Å². The smallest absolute Gasteiger partial charge is 0.162 e. The highest BCUT2D eigenvalue weighted by molar-refractivity contribution is 5.67. The Kier molecular flexibility index (Phi) is 3.13. The van der Waals surface area contributed by atoms with Crippen molar-refractivity contribution in [3.8, 4) is 22.6 Å². The van der Waals surface area contributed by atoms with Gasteiger partial charge in [0.2, 0.25) is 0 Å². The molecule has 0 spiro atoms. The van der Waals surface area contributed by atoms with Gasteiger partial charge < -0.3 is 5.73 Å². The van der Waals surface area contributed by atoms with Crippen LogP contribution in [0.1, 0.15) is 5.56 Å². The van der Waals surface area contributed by atoms with Crippen molar-refractivity contribution < 1.29 is 4.39 Å². The van der Waals surface area contributed by atoms with Gasteiger partial charge in [-0.05, 0) is 24.6 Å². The molecule has 3 rings (SSSR count).